The lowest BCUT2D eigenvalue weighted by molar-refractivity contribution is -0.139. The maximum Gasteiger partial charge on any atom is 0.264 e. The molecule has 8 nitrogen and oxygen atoms in total. The Labute approximate surface area is 261 Å². The highest BCUT2D eigenvalue weighted by Crippen LogP contribution is 2.30. The van der Waals surface area contributed by atoms with E-state index in [9.17, 15) is 18.0 Å². The number of benzene rings is 4. The van der Waals surface area contributed by atoms with E-state index in [0.29, 0.717) is 21.4 Å². The van der Waals surface area contributed by atoms with Gasteiger partial charge < -0.3 is 15.0 Å². The highest BCUT2D eigenvalue weighted by atomic mass is 35.5. The van der Waals surface area contributed by atoms with Gasteiger partial charge in [0.05, 0.1) is 17.7 Å². The number of nitrogens with zero attached hydrogens (tertiary/aromatic N) is 2. The number of nitrogens with one attached hydrogen (secondary N) is 1. The molecular formula is C32H31Cl2N3O5S. The van der Waals surface area contributed by atoms with Crippen LogP contribution in [-0.2, 0) is 32.6 Å². The maximum atomic E-state index is 14.4. The molecule has 0 radical (unpaired) electrons. The molecule has 0 fully saturated rings. The van der Waals surface area contributed by atoms with Gasteiger partial charge in [0, 0.05) is 41.7 Å². The Morgan fingerprint density at radius 3 is 2.07 bits per heavy atom. The van der Waals surface area contributed by atoms with Gasteiger partial charge in [-0.3, -0.25) is 13.9 Å². The summed E-state index contributed by atoms with van der Waals surface area (Å²) in [5.41, 5.74) is 1.45. The van der Waals surface area contributed by atoms with E-state index in [2.05, 4.69) is 5.32 Å². The minimum atomic E-state index is -4.23. The molecular weight excluding hydrogens is 609 g/mol. The van der Waals surface area contributed by atoms with Crippen LogP contribution in [0.1, 0.15) is 11.1 Å². The molecule has 224 valence electrons. The number of rotatable bonds is 12. The number of halogens is 2. The second-order valence-corrected chi connectivity index (χ2v) is 12.2. The van der Waals surface area contributed by atoms with Crippen LogP contribution in [0.25, 0.3) is 0 Å². The van der Waals surface area contributed by atoms with Crippen molar-refractivity contribution >= 4 is 50.7 Å². The predicted octanol–water partition coefficient (Wildman–Crippen LogP) is 5.58. The lowest BCUT2D eigenvalue weighted by atomic mass is 10.0. The second kappa shape index (κ2) is 14.4. The molecule has 0 unspecified atom stereocenters. The third-order valence-electron chi connectivity index (χ3n) is 6.86. The Hall–Kier alpha value is -4.05. The van der Waals surface area contributed by atoms with Crippen molar-refractivity contribution in [1.29, 1.82) is 0 Å². The normalized spacial score (nSPS) is 11.8. The zero-order chi connectivity index (χ0) is 31.0. The van der Waals surface area contributed by atoms with Crippen LogP contribution in [0.15, 0.2) is 108 Å². The van der Waals surface area contributed by atoms with Gasteiger partial charge in [0.15, 0.2) is 0 Å². The fourth-order valence-corrected chi connectivity index (χ4v) is 6.53. The summed E-state index contributed by atoms with van der Waals surface area (Å²) in [6.07, 6.45) is 0.166. The van der Waals surface area contributed by atoms with E-state index in [0.717, 1.165) is 9.87 Å². The van der Waals surface area contributed by atoms with Crippen molar-refractivity contribution < 1.29 is 22.7 Å². The van der Waals surface area contributed by atoms with Gasteiger partial charge in [-0.1, -0.05) is 83.9 Å². The molecule has 0 aliphatic heterocycles. The Bertz CT molecular complexity index is 1650. The van der Waals surface area contributed by atoms with Crippen LogP contribution < -0.4 is 14.4 Å². The first kappa shape index (κ1) is 31.9. The molecule has 0 heterocycles. The summed E-state index contributed by atoms with van der Waals surface area (Å²) in [4.78, 5) is 29.0. The molecule has 4 rings (SSSR count). The minimum Gasteiger partial charge on any atom is -0.497 e. The first-order valence-electron chi connectivity index (χ1n) is 13.4. The average Bonchev–Trinajstić information content (AvgIpc) is 3.03. The van der Waals surface area contributed by atoms with Crippen LogP contribution in [0.4, 0.5) is 5.69 Å². The molecule has 0 aliphatic carbocycles. The number of likely N-dealkylation sites (N-methyl/N-ethyl adjacent to an activating group) is 1. The van der Waals surface area contributed by atoms with Crippen molar-refractivity contribution in [2.75, 3.05) is 25.0 Å². The number of carbonyl (C=O) groups is 2. The van der Waals surface area contributed by atoms with Gasteiger partial charge in [0.2, 0.25) is 11.8 Å². The second-order valence-electron chi connectivity index (χ2n) is 9.57. The summed E-state index contributed by atoms with van der Waals surface area (Å²) >= 11 is 13.0. The van der Waals surface area contributed by atoms with Crippen LogP contribution in [0.3, 0.4) is 0 Å². The monoisotopic (exact) mass is 639 g/mol. The molecule has 0 bridgehead atoms. The number of methoxy groups -OCH3 is 1. The van der Waals surface area contributed by atoms with Crippen molar-refractivity contribution in [3.05, 3.63) is 124 Å². The third-order valence-corrected chi connectivity index (χ3v) is 9.36. The number of hydrogen-bond acceptors (Lipinski definition) is 5. The summed E-state index contributed by atoms with van der Waals surface area (Å²) in [6, 6.07) is 27.4. The topological polar surface area (TPSA) is 96.0 Å². The van der Waals surface area contributed by atoms with Crippen molar-refractivity contribution in [2.45, 2.75) is 23.9 Å². The number of sulfonamides is 1. The molecule has 0 saturated carbocycles. The lowest BCUT2D eigenvalue weighted by Crippen LogP contribution is -2.53. The Morgan fingerprint density at radius 2 is 1.47 bits per heavy atom. The van der Waals surface area contributed by atoms with Gasteiger partial charge in [-0.25, -0.2) is 8.42 Å². The molecule has 2 amide bonds. The molecule has 0 aliphatic rings. The maximum absolute atomic E-state index is 14.4. The predicted molar refractivity (Wildman–Crippen MR) is 169 cm³/mol. The SMILES string of the molecule is CNC(=O)[C@@H](Cc1ccccc1)N(Cc1c(Cl)cccc1Cl)C(=O)CN(c1cccc(OC)c1)S(=O)(=O)c1ccccc1. The number of ether oxygens (including phenoxy) is 1. The molecule has 0 aromatic heterocycles. The van der Waals surface area contributed by atoms with E-state index < -0.39 is 34.4 Å². The quantitative estimate of drug-likeness (QED) is 0.218. The lowest BCUT2D eigenvalue weighted by Gasteiger charge is -2.34. The number of carbonyl (C=O) groups excluding carboxylic acids is 2. The standard InChI is InChI=1S/C32H31Cl2N3O5S/c1-35-32(39)30(19-23-11-5-3-6-12-23)36(21-27-28(33)17-10-18-29(27)34)31(38)22-37(24-13-9-14-25(20-24)42-2)43(40,41)26-15-7-4-8-16-26/h3-18,20,30H,19,21-22H2,1-2H3,(H,35,39)/t30-/m1/s1. The molecule has 43 heavy (non-hydrogen) atoms. The van der Waals surface area contributed by atoms with Crippen molar-refractivity contribution in [2.24, 2.45) is 0 Å². The van der Waals surface area contributed by atoms with E-state index in [4.69, 9.17) is 27.9 Å². The van der Waals surface area contributed by atoms with Gasteiger partial charge in [0.1, 0.15) is 18.3 Å². The molecule has 4 aromatic rings. The smallest absolute Gasteiger partial charge is 0.264 e. The summed E-state index contributed by atoms with van der Waals surface area (Å²) in [5.74, 6) is -0.660. The highest BCUT2D eigenvalue weighted by Gasteiger charge is 2.35. The fourth-order valence-electron chi connectivity index (χ4n) is 4.59. The molecule has 1 N–H and O–H groups in total. The molecule has 4 aromatic carbocycles. The minimum absolute atomic E-state index is 0.00143. The average molecular weight is 641 g/mol. The summed E-state index contributed by atoms with van der Waals surface area (Å²) in [6.45, 7) is -0.756. The van der Waals surface area contributed by atoms with E-state index in [1.807, 2.05) is 30.3 Å². The summed E-state index contributed by atoms with van der Waals surface area (Å²) in [7, 11) is -1.28. The number of amides is 2. The van der Waals surface area contributed by atoms with E-state index in [1.165, 1.54) is 37.3 Å². The zero-order valence-corrected chi connectivity index (χ0v) is 25.9. The van der Waals surface area contributed by atoms with Crippen LogP contribution in [0.2, 0.25) is 10.0 Å². The third kappa shape index (κ3) is 7.67. The fraction of sp³-hybridized carbons (Fsp3) is 0.188. The van der Waals surface area contributed by atoms with E-state index in [-0.39, 0.29) is 23.5 Å². The van der Waals surface area contributed by atoms with Gasteiger partial charge in [0.25, 0.3) is 10.0 Å². The number of anilines is 1. The highest BCUT2D eigenvalue weighted by molar-refractivity contribution is 7.92. The largest absolute Gasteiger partial charge is 0.497 e. The first-order valence-corrected chi connectivity index (χ1v) is 15.5. The van der Waals surface area contributed by atoms with Gasteiger partial charge in [-0.2, -0.15) is 0 Å². The van der Waals surface area contributed by atoms with E-state index in [1.54, 1.807) is 54.6 Å². The van der Waals surface area contributed by atoms with Crippen LogP contribution >= 0.6 is 23.2 Å². The van der Waals surface area contributed by atoms with Crippen LogP contribution in [0, 0.1) is 0 Å². The Balaban J connectivity index is 1.83. The van der Waals surface area contributed by atoms with Crippen LogP contribution in [0.5, 0.6) is 5.75 Å². The van der Waals surface area contributed by atoms with Crippen LogP contribution in [-0.4, -0.2) is 51.9 Å². The van der Waals surface area contributed by atoms with E-state index >= 15 is 0 Å². The molecule has 0 spiro atoms. The van der Waals surface area contributed by atoms with Gasteiger partial charge >= 0.3 is 0 Å². The Kier molecular flexibility index (Phi) is 10.7. The van der Waals surface area contributed by atoms with Crippen molar-refractivity contribution in [3.8, 4) is 5.75 Å². The van der Waals surface area contributed by atoms with Gasteiger partial charge in [-0.15, -0.1) is 0 Å². The number of hydrogen-bond donors (Lipinski definition) is 1. The molecule has 11 heteroatoms. The van der Waals surface area contributed by atoms with Crippen molar-refractivity contribution in [1.82, 2.24) is 10.2 Å². The Morgan fingerprint density at radius 1 is 0.860 bits per heavy atom. The summed E-state index contributed by atoms with van der Waals surface area (Å²) < 4.78 is 34.3. The molecule has 0 saturated heterocycles. The van der Waals surface area contributed by atoms with Gasteiger partial charge in [-0.05, 0) is 42.0 Å². The van der Waals surface area contributed by atoms with Crippen molar-refractivity contribution in [3.63, 3.8) is 0 Å². The molecule has 1 atom stereocenters. The summed E-state index contributed by atoms with van der Waals surface area (Å²) in [5, 5.41) is 3.26. The zero-order valence-electron chi connectivity index (χ0n) is 23.6. The first-order chi connectivity index (χ1) is 20.6.